The van der Waals surface area contributed by atoms with Crippen molar-refractivity contribution in [3.05, 3.63) is 58.1 Å². The number of ether oxygens (including phenoxy) is 1. The quantitative estimate of drug-likeness (QED) is 0.475. The summed E-state index contributed by atoms with van der Waals surface area (Å²) in [6.45, 7) is 8.21. The Morgan fingerprint density at radius 1 is 1.03 bits per heavy atom. The van der Waals surface area contributed by atoms with Gasteiger partial charge in [-0.1, -0.05) is 37.0 Å². The first kappa shape index (κ1) is 23.7. The number of aryl methyl sites for hydroxylation is 2. The summed E-state index contributed by atoms with van der Waals surface area (Å²) in [7, 11) is 0. The summed E-state index contributed by atoms with van der Waals surface area (Å²) in [6.07, 6.45) is 4.96. The molecule has 0 aliphatic carbocycles. The minimum atomic E-state index is -0.0132. The second kappa shape index (κ2) is 10.6. The molecular weight excluding hydrogens is 459 g/mol. The van der Waals surface area contributed by atoms with E-state index in [2.05, 4.69) is 34.0 Å². The van der Waals surface area contributed by atoms with E-state index >= 15 is 0 Å². The topological polar surface area (TPSA) is 76.1 Å². The molecule has 1 aliphatic rings. The van der Waals surface area contributed by atoms with E-state index < -0.39 is 0 Å². The predicted molar refractivity (Wildman–Crippen MR) is 133 cm³/mol. The highest BCUT2D eigenvalue weighted by atomic mass is 35.5. The van der Waals surface area contributed by atoms with Gasteiger partial charge in [0.05, 0.1) is 34.3 Å². The number of aromatic nitrogens is 4. The highest BCUT2D eigenvalue weighted by Gasteiger charge is 2.35. The van der Waals surface area contributed by atoms with Gasteiger partial charge < -0.3 is 15.0 Å². The molecule has 2 aromatic heterocycles. The van der Waals surface area contributed by atoms with Crippen molar-refractivity contribution < 1.29 is 4.74 Å². The van der Waals surface area contributed by atoms with Gasteiger partial charge in [-0.3, -0.25) is 0 Å². The van der Waals surface area contributed by atoms with Crippen LogP contribution in [-0.4, -0.2) is 51.8 Å². The maximum absolute atomic E-state index is 6.49. The molecule has 1 saturated heterocycles. The summed E-state index contributed by atoms with van der Waals surface area (Å²) in [5.41, 5.74) is 3.41. The Balaban J connectivity index is 1.65. The van der Waals surface area contributed by atoms with Crippen LogP contribution < -0.4 is 10.2 Å². The second-order valence-electron chi connectivity index (χ2n) is 7.84. The number of rotatable bonds is 8. The van der Waals surface area contributed by atoms with Crippen LogP contribution in [0.2, 0.25) is 10.0 Å². The van der Waals surface area contributed by atoms with Crippen LogP contribution in [0.1, 0.15) is 32.2 Å². The van der Waals surface area contributed by atoms with E-state index in [9.17, 15) is 0 Å². The summed E-state index contributed by atoms with van der Waals surface area (Å²) >= 11 is 12.6. The zero-order chi connectivity index (χ0) is 23.4. The number of anilines is 2. The van der Waals surface area contributed by atoms with Crippen LogP contribution in [0.5, 0.6) is 0 Å². The fourth-order valence-electron chi connectivity index (χ4n) is 4.10. The van der Waals surface area contributed by atoms with Gasteiger partial charge in [0.25, 0.3) is 0 Å². The Kier molecular flexibility index (Phi) is 7.63. The van der Waals surface area contributed by atoms with Crippen molar-refractivity contribution in [3.63, 3.8) is 0 Å². The summed E-state index contributed by atoms with van der Waals surface area (Å²) in [5, 5.41) is 4.79. The molecule has 174 valence electrons. The number of hydrogen-bond acceptors (Lipinski definition) is 7. The van der Waals surface area contributed by atoms with Crippen molar-refractivity contribution in [1.82, 2.24) is 19.9 Å². The molecule has 0 radical (unpaired) electrons. The Morgan fingerprint density at radius 3 is 2.45 bits per heavy atom. The van der Waals surface area contributed by atoms with Crippen LogP contribution in [0.4, 0.5) is 11.8 Å². The summed E-state index contributed by atoms with van der Waals surface area (Å²) < 4.78 is 6.05. The van der Waals surface area contributed by atoms with Gasteiger partial charge in [0.1, 0.15) is 5.82 Å². The molecule has 1 fully saturated rings. The molecule has 0 spiro atoms. The molecule has 2 atom stereocenters. The Labute approximate surface area is 204 Å². The fourth-order valence-corrected chi connectivity index (χ4v) is 4.60. The molecule has 7 nitrogen and oxygen atoms in total. The molecule has 0 unspecified atom stereocenters. The molecule has 4 rings (SSSR count). The molecule has 3 aromatic rings. The summed E-state index contributed by atoms with van der Waals surface area (Å²) in [6, 6.07) is 7.32. The average molecular weight is 487 g/mol. The molecule has 1 N–H and O–H groups in total. The van der Waals surface area contributed by atoms with Crippen molar-refractivity contribution in [3.8, 4) is 11.3 Å². The van der Waals surface area contributed by atoms with E-state index in [-0.39, 0.29) is 12.1 Å². The van der Waals surface area contributed by atoms with E-state index in [0.29, 0.717) is 35.7 Å². The first-order valence-corrected chi connectivity index (χ1v) is 12.0. The lowest BCUT2D eigenvalue weighted by Crippen LogP contribution is -2.35. The lowest BCUT2D eigenvalue weighted by molar-refractivity contribution is 0.0719. The highest BCUT2D eigenvalue weighted by Crippen LogP contribution is 2.33. The number of hydrogen-bond donors (Lipinski definition) is 1. The standard InChI is InChI=1S/C24H28Cl2N6O/c1-4-18-22(16-9-8-15(25)12-17(16)26)29-19(5-2)23(30-18)31-20-13-32(14-21(20)33-6-3)24-27-10-7-11-28-24/h7-12,20-21H,4-6,13-14H2,1-3H3,(H,30,31)/t20-,21-/m1/s1. The number of nitrogens with one attached hydrogen (secondary N) is 1. The Morgan fingerprint density at radius 2 is 1.79 bits per heavy atom. The van der Waals surface area contributed by atoms with E-state index in [0.717, 1.165) is 41.3 Å². The smallest absolute Gasteiger partial charge is 0.225 e. The zero-order valence-electron chi connectivity index (χ0n) is 19.1. The number of benzene rings is 1. The molecule has 1 aromatic carbocycles. The van der Waals surface area contributed by atoms with Crippen LogP contribution in [0.15, 0.2) is 36.7 Å². The van der Waals surface area contributed by atoms with E-state index in [1.54, 1.807) is 18.5 Å². The molecule has 1 aliphatic heterocycles. The van der Waals surface area contributed by atoms with Crippen molar-refractivity contribution in [2.45, 2.75) is 45.8 Å². The first-order valence-electron chi connectivity index (χ1n) is 11.3. The second-order valence-corrected chi connectivity index (χ2v) is 8.69. The molecule has 0 bridgehead atoms. The summed E-state index contributed by atoms with van der Waals surface area (Å²) in [5.74, 6) is 1.49. The van der Waals surface area contributed by atoms with Gasteiger partial charge in [-0.2, -0.15) is 0 Å². The monoisotopic (exact) mass is 486 g/mol. The van der Waals surface area contributed by atoms with Gasteiger partial charge in [0.2, 0.25) is 5.95 Å². The minimum Gasteiger partial charge on any atom is -0.374 e. The van der Waals surface area contributed by atoms with Crippen molar-refractivity contribution >= 4 is 35.0 Å². The Bertz CT molecular complexity index is 1100. The maximum atomic E-state index is 6.49. The van der Waals surface area contributed by atoms with Crippen molar-refractivity contribution in [2.24, 2.45) is 0 Å². The molecule has 9 heteroatoms. The van der Waals surface area contributed by atoms with Crippen LogP contribution in [-0.2, 0) is 17.6 Å². The van der Waals surface area contributed by atoms with Gasteiger partial charge in [-0.05, 0) is 44.0 Å². The molecule has 0 amide bonds. The molecule has 3 heterocycles. The maximum Gasteiger partial charge on any atom is 0.225 e. The highest BCUT2D eigenvalue weighted by molar-refractivity contribution is 6.36. The fraction of sp³-hybridized carbons (Fsp3) is 0.417. The van der Waals surface area contributed by atoms with Crippen molar-refractivity contribution in [2.75, 3.05) is 29.9 Å². The average Bonchev–Trinajstić information content (AvgIpc) is 3.22. The minimum absolute atomic E-state index is 0.0132. The lowest BCUT2D eigenvalue weighted by Gasteiger charge is -2.22. The van der Waals surface area contributed by atoms with Gasteiger partial charge in [0, 0.05) is 42.7 Å². The van der Waals surface area contributed by atoms with E-state index in [4.69, 9.17) is 37.9 Å². The van der Waals surface area contributed by atoms with E-state index in [1.807, 2.05) is 25.1 Å². The summed E-state index contributed by atoms with van der Waals surface area (Å²) in [4.78, 5) is 20.9. The predicted octanol–water partition coefficient (Wildman–Crippen LogP) is 5.07. The van der Waals surface area contributed by atoms with Crippen LogP contribution in [0.25, 0.3) is 11.3 Å². The van der Waals surface area contributed by atoms with Gasteiger partial charge in [-0.15, -0.1) is 0 Å². The molecule has 33 heavy (non-hydrogen) atoms. The molecular formula is C24H28Cl2N6O. The van der Waals surface area contributed by atoms with E-state index in [1.165, 1.54) is 0 Å². The van der Waals surface area contributed by atoms with Gasteiger partial charge in [0.15, 0.2) is 0 Å². The van der Waals surface area contributed by atoms with Gasteiger partial charge in [-0.25, -0.2) is 19.9 Å². The first-order chi connectivity index (χ1) is 16.0. The lowest BCUT2D eigenvalue weighted by atomic mass is 10.1. The van der Waals surface area contributed by atoms with Crippen LogP contribution >= 0.6 is 23.2 Å². The number of nitrogens with zero attached hydrogens (tertiary/aromatic N) is 5. The largest absolute Gasteiger partial charge is 0.374 e. The van der Waals surface area contributed by atoms with Crippen molar-refractivity contribution in [1.29, 1.82) is 0 Å². The third-order valence-corrected chi connectivity index (χ3v) is 6.25. The molecule has 0 saturated carbocycles. The Hall–Kier alpha value is -2.48. The third-order valence-electron chi connectivity index (χ3n) is 5.70. The third kappa shape index (κ3) is 5.21. The van der Waals surface area contributed by atoms with Gasteiger partial charge >= 0.3 is 0 Å². The SMILES string of the molecule is CCO[C@@H]1CN(c2ncccn2)C[C@H]1Nc1nc(CC)c(-c2ccc(Cl)cc2Cl)nc1CC. The number of halogens is 2. The normalized spacial score (nSPS) is 18.0. The zero-order valence-corrected chi connectivity index (χ0v) is 20.6. The van der Waals surface area contributed by atoms with Crippen LogP contribution in [0.3, 0.4) is 0 Å². The van der Waals surface area contributed by atoms with Crippen LogP contribution in [0, 0.1) is 0 Å².